The van der Waals surface area contributed by atoms with E-state index in [0.717, 1.165) is 12.1 Å². The number of nitrogens with zero attached hydrogens (tertiary/aromatic N) is 1. The Labute approximate surface area is 124 Å². The Bertz CT molecular complexity index is 719. The third-order valence-corrected chi connectivity index (χ3v) is 2.94. The number of nitrogens with one attached hydrogen (secondary N) is 1. The SMILES string of the molecule is N/C(=N/O)c1cc(F)ccc1NC(=O)c1cccc(Cl)c1. The van der Waals surface area contributed by atoms with Crippen LogP contribution in [0.2, 0.25) is 5.02 Å². The van der Waals surface area contributed by atoms with Crippen LogP contribution in [0.15, 0.2) is 47.6 Å². The zero-order valence-electron chi connectivity index (χ0n) is 10.7. The van der Waals surface area contributed by atoms with Gasteiger partial charge < -0.3 is 16.3 Å². The highest BCUT2D eigenvalue weighted by Crippen LogP contribution is 2.19. The van der Waals surface area contributed by atoms with Crippen LogP contribution in [-0.4, -0.2) is 17.0 Å². The van der Waals surface area contributed by atoms with Crippen LogP contribution in [-0.2, 0) is 0 Å². The van der Waals surface area contributed by atoms with Crippen LogP contribution < -0.4 is 11.1 Å². The summed E-state index contributed by atoms with van der Waals surface area (Å²) in [6.07, 6.45) is 0. The molecule has 0 unspecified atom stereocenters. The monoisotopic (exact) mass is 307 g/mol. The lowest BCUT2D eigenvalue weighted by Crippen LogP contribution is -2.19. The molecule has 0 saturated heterocycles. The summed E-state index contributed by atoms with van der Waals surface area (Å²) in [5.74, 6) is -1.33. The molecule has 2 aromatic carbocycles. The molecular formula is C14H11ClFN3O2. The Morgan fingerprint density at radius 3 is 2.71 bits per heavy atom. The van der Waals surface area contributed by atoms with Crippen LogP contribution in [0.4, 0.5) is 10.1 Å². The van der Waals surface area contributed by atoms with E-state index in [9.17, 15) is 9.18 Å². The van der Waals surface area contributed by atoms with Gasteiger partial charge in [-0.25, -0.2) is 4.39 Å². The molecule has 5 nitrogen and oxygen atoms in total. The van der Waals surface area contributed by atoms with E-state index < -0.39 is 11.7 Å². The number of carbonyl (C=O) groups excluding carboxylic acids is 1. The van der Waals surface area contributed by atoms with Gasteiger partial charge in [-0.2, -0.15) is 0 Å². The van der Waals surface area contributed by atoms with Crippen LogP contribution in [0.25, 0.3) is 0 Å². The fourth-order valence-electron chi connectivity index (χ4n) is 1.72. The lowest BCUT2D eigenvalue weighted by Gasteiger charge is -2.10. The molecule has 2 rings (SSSR count). The molecule has 21 heavy (non-hydrogen) atoms. The lowest BCUT2D eigenvalue weighted by atomic mass is 10.1. The highest BCUT2D eigenvalue weighted by molar-refractivity contribution is 6.31. The van der Waals surface area contributed by atoms with Gasteiger partial charge >= 0.3 is 0 Å². The van der Waals surface area contributed by atoms with Gasteiger partial charge in [0.15, 0.2) is 5.84 Å². The molecule has 0 fully saturated rings. The van der Waals surface area contributed by atoms with E-state index in [1.807, 2.05) is 0 Å². The second-order valence-corrected chi connectivity index (χ2v) is 4.58. The van der Waals surface area contributed by atoms with Crippen LogP contribution in [0.5, 0.6) is 0 Å². The van der Waals surface area contributed by atoms with Crippen molar-refractivity contribution in [2.24, 2.45) is 10.9 Å². The first kappa shape index (κ1) is 14.8. The van der Waals surface area contributed by atoms with Gasteiger partial charge in [-0.05, 0) is 36.4 Å². The average Bonchev–Trinajstić information content (AvgIpc) is 2.48. The van der Waals surface area contributed by atoms with E-state index in [1.165, 1.54) is 12.1 Å². The number of anilines is 1. The van der Waals surface area contributed by atoms with Crippen LogP contribution >= 0.6 is 11.6 Å². The molecule has 0 atom stereocenters. The summed E-state index contributed by atoms with van der Waals surface area (Å²) in [7, 11) is 0. The second-order valence-electron chi connectivity index (χ2n) is 4.14. The van der Waals surface area contributed by atoms with Crippen molar-refractivity contribution in [3.8, 4) is 0 Å². The molecule has 0 aromatic heterocycles. The molecule has 1 amide bonds. The second kappa shape index (κ2) is 6.23. The molecule has 0 heterocycles. The number of hydrogen-bond acceptors (Lipinski definition) is 3. The van der Waals surface area contributed by atoms with E-state index in [2.05, 4.69) is 10.5 Å². The molecule has 4 N–H and O–H groups in total. The number of rotatable bonds is 3. The van der Waals surface area contributed by atoms with Gasteiger partial charge in [-0.1, -0.05) is 22.8 Å². The number of amidine groups is 1. The van der Waals surface area contributed by atoms with Gasteiger partial charge in [0.1, 0.15) is 5.82 Å². The number of carbonyl (C=O) groups is 1. The topological polar surface area (TPSA) is 87.7 Å². The molecule has 0 saturated carbocycles. The average molecular weight is 308 g/mol. The summed E-state index contributed by atoms with van der Waals surface area (Å²) in [6, 6.07) is 9.87. The van der Waals surface area contributed by atoms with Crippen molar-refractivity contribution in [2.45, 2.75) is 0 Å². The van der Waals surface area contributed by atoms with E-state index in [4.69, 9.17) is 22.5 Å². The fraction of sp³-hybridized carbons (Fsp3) is 0. The Balaban J connectivity index is 2.33. The summed E-state index contributed by atoms with van der Waals surface area (Å²) in [5.41, 5.74) is 6.09. The van der Waals surface area contributed by atoms with Gasteiger partial charge in [0.2, 0.25) is 0 Å². The number of halogens is 2. The quantitative estimate of drug-likeness (QED) is 0.352. The van der Waals surface area contributed by atoms with Crippen LogP contribution in [0.1, 0.15) is 15.9 Å². The van der Waals surface area contributed by atoms with Crippen molar-refractivity contribution in [1.82, 2.24) is 0 Å². The maximum absolute atomic E-state index is 13.2. The van der Waals surface area contributed by atoms with Crippen molar-refractivity contribution in [2.75, 3.05) is 5.32 Å². The summed E-state index contributed by atoms with van der Waals surface area (Å²) < 4.78 is 13.2. The number of oxime groups is 1. The highest BCUT2D eigenvalue weighted by Gasteiger charge is 2.13. The zero-order chi connectivity index (χ0) is 15.4. The van der Waals surface area contributed by atoms with Crippen LogP contribution in [0.3, 0.4) is 0 Å². The minimum atomic E-state index is -0.572. The third kappa shape index (κ3) is 3.49. The largest absolute Gasteiger partial charge is 0.409 e. The number of benzene rings is 2. The van der Waals surface area contributed by atoms with E-state index >= 15 is 0 Å². The van der Waals surface area contributed by atoms with Gasteiger partial charge in [-0.15, -0.1) is 0 Å². The molecule has 0 bridgehead atoms. The molecular weight excluding hydrogens is 297 g/mol. The van der Waals surface area contributed by atoms with E-state index in [1.54, 1.807) is 18.2 Å². The van der Waals surface area contributed by atoms with E-state index in [-0.39, 0.29) is 17.1 Å². The van der Waals surface area contributed by atoms with Crippen molar-refractivity contribution in [3.63, 3.8) is 0 Å². The molecule has 2 aromatic rings. The first-order chi connectivity index (χ1) is 10.0. The van der Waals surface area contributed by atoms with Crippen molar-refractivity contribution < 1.29 is 14.4 Å². The maximum Gasteiger partial charge on any atom is 0.255 e. The van der Waals surface area contributed by atoms with Crippen molar-refractivity contribution in [3.05, 3.63) is 64.4 Å². The lowest BCUT2D eigenvalue weighted by molar-refractivity contribution is 0.102. The number of nitrogens with two attached hydrogens (primary N) is 1. The minimum Gasteiger partial charge on any atom is -0.409 e. The number of amides is 1. The van der Waals surface area contributed by atoms with Gasteiger partial charge in [0, 0.05) is 16.1 Å². The first-order valence-electron chi connectivity index (χ1n) is 5.85. The molecule has 108 valence electrons. The summed E-state index contributed by atoms with van der Waals surface area (Å²) in [5, 5.41) is 14.5. The molecule has 0 aliphatic rings. The van der Waals surface area contributed by atoms with Crippen molar-refractivity contribution >= 4 is 29.0 Å². The summed E-state index contributed by atoms with van der Waals surface area (Å²) in [6.45, 7) is 0. The van der Waals surface area contributed by atoms with Crippen LogP contribution in [0, 0.1) is 5.82 Å². The summed E-state index contributed by atoms with van der Waals surface area (Å²) >= 11 is 5.82. The third-order valence-electron chi connectivity index (χ3n) is 2.70. The Hall–Kier alpha value is -2.60. The first-order valence-corrected chi connectivity index (χ1v) is 6.23. The molecule has 7 heteroatoms. The zero-order valence-corrected chi connectivity index (χ0v) is 11.4. The Morgan fingerprint density at radius 1 is 1.29 bits per heavy atom. The standard InChI is InChI=1S/C14H11ClFN3O2/c15-9-3-1-2-8(6-9)14(20)18-12-5-4-10(16)7-11(12)13(17)19-21/h1-7,21H,(H2,17,19)(H,18,20). The summed E-state index contributed by atoms with van der Waals surface area (Å²) in [4.78, 5) is 12.1. The van der Waals surface area contributed by atoms with Gasteiger partial charge in [0.05, 0.1) is 5.69 Å². The van der Waals surface area contributed by atoms with Crippen molar-refractivity contribution in [1.29, 1.82) is 0 Å². The molecule has 0 aliphatic carbocycles. The highest BCUT2D eigenvalue weighted by atomic mass is 35.5. The number of hydrogen-bond donors (Lipinski definition) is 3. The molecule has 0 spiro atoms. The molecule has 0 aliphatic heterocycles. The van der Waals surface area contributed by atoms with Gasteiger partial charge in [-0.3, -0.25) is 4.79 Å². The Kier molecular flexibility index (Phi) is 4.39. The predicted molar refractivity (Wildman–Crippen MR) is 78.3 cm³/mol. The maximum atomic E-state index is 13.2. The fourth-order valence-corrected chi connectivity index (χ4v) is 1.91. The minimum absolute atomic E-state index is 0.0767. The smallest absolute Gasteiger partial charge is 0.255 e. The predicted octanol–water partition coefficient (Wildman–Crippen LogP) is 2.83. The van der Waals surface area contributed by atoms with E-state index in [0.29, 0.717) is 10.6 Å². The Morgan fingerprint density at radius 2 is 2.05 bits per heavy atom. The van der Waals surface area contributed by atoms with Gasteiger partial charge in [0.25, 0.3) is 5.91 Å². The molecule has 0 radical (unpaired) electrons. The normalized spacial score (nSPS) is 11.2.